The Morgan fingerprint density at radius 2 is 2.12 bits per heavy atom. The summed E-state index contributed by atoms with van der Waals surface area (Å²) in [6.45, 7) is 1.68. The van der Waals surface area contributed by atoms with Crippen LogP contribution in [0.2, 0.25) is 0 Å². The molecule has 0 unspecified atom stereocenters. The van der Waals surface area contributed by atoms with Gasteiger partial charge in [0.05, 0.1) is 23.3 Å². The highest BCUT2D eigenvalue weighted by Crippen LogP contribution is 2.20. The normalized spacial score (nSPS) is 20.0. The van der Waals surface area contributed by atoms with E-state index in [9.17, 15) is 18.0 Å². The predicted molar refractivity (Wildman–Crippen MR) is 88.6 cm³/mol. The van der Waals surface area contributed by atoms with Gasteiger partial charge in [-0.1, -0.05) is 6.07 Å². The fourth-order valence-corrected chi connectivity index (χ4v) is 3.51. The summed E-state index contributed by atoms with van der Waals surface area (Å²) in [6.07, 6.45) is 0.412. The lowest BCUT2D eigenvalue weighted by Crippen LogP contribution is -2.24. The maximum absolute atomic E-state index is 12.4. The predicted octanol–water partition coefficient (Wildman–Crippen LogP) is 1.62. The SMILES string of the molecule is C[C@H]1C[C@H](OC(=O)c2cccc(S(=O)(=O)NCc3ccco3)c2)C(=O)O1. The van der Waals surface area contributed by atoms with Crippen LogP contribution >= 0.6 is 0 Å². The molecular formula is C17H17NO7S. The molecule has 1 aliphatic rings. The summed E-state index contributed by atoms with van der Waals surface area (Å²) >= 11 is 0. The molecule has 0 spiro atoms. The molecule has 0 saturated carbocycles. The van der Waals surface area contributed by atoms with E-state index in [-0.39, 0.29) is 29.5 Å². The van der Waals surface area contributed by atoms with Crippen molar-refractivity contribution in [2.45, 2.75) is 37.0 Å². The van der Waals surface area contributed by atoms with Gasteiger partial charge in [-0.25, -0.2) is 22.7 Å². The summed E-state index contributed by atoms with van der Waals surface area (Å²) in [5.74, 6) is -0.933. The first-order valence-corrected chi connectivity index (χ1v) is 9.37. The average Bonchev–Trinajstić information content (AvgIpc) is 3.23. The first-order valence-electron chi connectivity index (χ1n) is 7.89. The minimum Gasteiger partial charge on any atom is -0.468 e. The molecule has 1 aliphatic heterocycles. The van der Waals surface area contributed by atoms with Crippen LogP contribution in [0.4, 0.5) is 0 Å². The van der Waals surface area contributed by atoms with Crippen LogP contribution in [0.5, 0.6) is 0 Å². The van der Waals surface area contributed by atoms with Gasteiger partial charge in [0.2, 0.25) is 16.1 Å². The number of carbonyl (C=O) groups is 2. The number of nitrogens with one attached hydrogen (secondary N) is 1. The Kier molecular flexibility index (Phi) is 5.10. The smallest absolute Gasteiger partial charge is 0.347 e. The zero-order valence-electron chi connectivity index (χ0n) is 13.9. The second-order valence-corrected chi connectivity index (χ2v) is 7.58. The highest BCUT2D eigenvalue weighted by molar-refractivity contribution is 7.89. The van der Waals surface area contributed by atoms with Gasteiger partial charge >= 0.3 is 11.9 Å². The number of sulfonamides is 1. The van der Waals surface area contributed by atoms with Gasteiger partial charge in [0, 0.05) is 6.42 Å². The highest BCUT2D eigenvalue weighted by atomic mass is 32.2. The lowest BCUT2D eigenvalue weighted by atomic mass is 10.2. The molecule has 138 valence electrons. The number of cyclic esters (lactones) is 1. The van der Waals surface area contributed by atoms with E-state index in [4.69, 9.17) is 13.9 Å². The molecule has 1 saturated heterocycles. The van der Waals surface area contributed by atoms with Crippen LogP contribution in [0, 0.1) is 0 Å². The Morgan fingerprint density at radius 3 is 2.77 bits per heavy atom. The zero-order valence-corrected chi connectivity index (χ0v) is 14.7. The molecular weight excluding hydrogens is 362 g/mol. The number of hydrogen-bond donors (Lipinski definition) is 1. The molecule has 2 heterocycles. The molecule has 26 heavy (non-hydrogen) atoms. The third kappa shape index (κ3) is 4.12. The van der Waals surface area contributed by atoms with E-state index in [0.717, 1.165) is 0 Å². The van der Waals surface area contributed by atoms with Crippen LogP contribution in [-0.2, 0) is 30.8 Å². The van der Waals surface area contributed by atoms with Crippen molar-refractivity contribution < 1.29 is 31.9 Å². The molecule has 1 fully saturated rings. The molecule has 0 radical (unpaired) electrons. The molecule has 8 nitrogen and oxygen atoms in total. The van der Waals surface area contributed by atoms with Crippen molar-refractivity contribution in [3.63, 3.8) is 0 Å². The quantitative estimate of drug-likeness (QED) is 0.759. The van der Waals surface area contributed by atoms with Crippen LogP contribution in [0.1, 0.15) is 29.5 Å². The minimum atomic E-state index is -3.85. The molecule has 1 aromatic heterocycles. The van der Waals surface area contributed by atoms with Gasteiger partial charge in [-0.3, -0.25) is 0 Å². The van der Waals surface area contributed by atoms with Gasteiger partial charge < -0.3 is 13.9 Å². The number of esters is 2. The molecule has 2 aromatic rings. The first kappa shape index (κ1) is 18.2. The summed E-state index contributed by atoms with van der Waals surface area (Å²) in [5, 5.41) is 0. The summed E-state index contributed by atoms with van der Waals surface area (Å²) < 4.78 is 42.2. The molecule has 3 rings (SSSR count). The van der Waals surface area contributed by atoms with E-state index in [1.54, 1.807) is 19.1 Å². The van der Waals surface area contributed by atoms with Crippen molar-refractivity contribution in [1.82, 2.24) is 4.72 Å². The highest BCUT2D eigenvalue weighted by Gasteiger charge is 2.35. The van der Waals surface area contributed by atoms with Crippen LogP contribution in [0.3, 0.4) is 0 Å². The summed E-state index contributed by atoms with van der Waals surface area (Å²) in [5.41, 5.74) is 0.0261. The summed E-state index contributed by atoms with van der Waals surface area (Å²) in [6, 6.07) is 8.67. The van der Waals surface area contributed by atoms with E-state index in [0.29, 0.717) is 5.76 Å². The molecule has 0 aliphatic carbocycles. The topological polar surface area (TPSA) is 112 Å². The molecule has 0 bridgehead atoms. The summed E-state index contributed by atoms with van der Waals surface area (Å²) in [4.78, 5) is 23.7. The maximum Gasteiger partial charge on any atom is 0.347 e. The third-order valence-electron chi connectivity index (χ3n) is 3.77. The molecule has 1 N–H and O–H groups in total. The number of rotatable bonds is 6. The lowest BCUT2D eigenvalue weighted by Gasteiger charge is -2.10. The van der Waals surface area contributed by atoms with Crippen molar-refractivity contribution in [1.29, 1.82) is 0 Å². The Labute approximate surface area is 150 Å². The van der Waals surface area contributed by atoms with Crippen molar-refractivity contribution in [3.8, 4) is 0 Å². The Bertz CT molecular complexity index is 905. The molecule has 2 atom stereocenters. The van der Waals surface area contributed by atoms with Crippen molar-refractivity contribution in [2.24, 2.45) is 0 Å². The fourth-order valence-electron chi connectivity index (χ4n) is 2.47. The van der Waals surface area contributed by atoms with Gasteiger partial charge in [0.15, 0.2) is 0 Å². The fraction of sp³-hybridized carbons (Fsp3) is 0.294. The summed E-state index contributed by atoms with van der Waals surface area (Å²) in [7, 11) is -3.85. The first-order chi connectivity index (χ1) is 12.3. The van der Waals surface area contributed by atoms with E-state index < -0.39 is 28.1 Å². The largest absolute Gasteiger partial charge is 0.468 e. The number of benzene rings is 1. The monoisotopic (exact) mass is 379 g/mol. The van der Waals surface area contributed by atoms with Crippen LogP contribution < -0.4 is 4.72 Å². The maximum atomic E-state index is 12.4. The van der Waals surface area contributed by atoms with E-state index in [1.807, 2.05) is 0 Å². The second-order valence-electron chi connectivity index (χ2n) is 5.81. The lowest BCUT2D eigenvalue weighted by molar-refractivity contribution is -0.147. The Morgan fingerprint density at radius 1 is 1.31 bits per heavy atom. The van der Waals surface area contributed by atoms with Gasteiger partial charge in [-0.15, -0.1) is 0 Å². The Balaban J connectivity index is 1.70. The second kappa shape index (κ2) is 7.30. The van der Waals surface area contributed by atoms with Crippen molar-refractivity contribution in [3.05, 3.63) is 54.0 Å². The van der Waals surface area contributed by atoms with Gasteiger partial charge in [-0.05, 0) is 37.3 Å². The average molecular weight is 379 g/mol. The van der Waals surface area contributed by atoms with Gasteiger partial charge in [0.1, 0.15) is 11.9 Å². The van der Waals surface area contributed by atoms with E-state index in [1.165, 1.54) is 30.5 Å². The number of furan rings is 1. The number of hydrogen-bond acceptors (Lipinski definition) is 7. The van der Waals surface area contributed by atoms with Crippen LogP contribution in [0.25, 0.3) is 0 Å². The van der Waals surface area contributed by atoms with Crippen LogP contribution in [0.15, 0.2) is 52.0 Å². The van der Waals surface area contributed by atoms with E-state index in [2.05, 4.69) is 4.72 Å². The van der Waals surface area contributed by atoms with Crippen molar-refractivity contribution >= 4 is 22.0 Å². The molecule has 0 amide bonds. The minimum absolute atomic E-state index is 0.0180. The molecule has 9 heteroatoms. The third-order valence-corrected chi connectivity index (χ3v) is 5.17. The number of ether oxygens (including phenoxy) is 2. The zero-order chi connectivity index (χ0) is 18.7. The number of carbonyl (C=O) groups excluding carboxylic acids is 2. The van der Waals surface area contributed by atoms with Gasteiger partial charge in [0.25, 0.3) is 0 Å². The van der Waals surface area contributed by atoms with Crippen molar-refractivity contribution in [2.75, 3.05) is 0 Å². The van der Waals surface area contributed by atoms with Crippen LogP contribution in [-0.4, -0.2) is 32.6 Å². The standard InChI is InChI=1S/C17H17NO7S/c1-11-8-15(17(20)24-11)25-16(19)12-4-2-6-14(9-12)26(21,22)18-10-13-5-3-7-23-13/h2-7,9,11,15,18H,8,10H2,1H3/t11-,15-/m0/s1. The Hall–Kier alpha value is -2.65. The van der Waals surface area contributed by atoms with Gasteiger partial charge in [-0.2, -0.15) is 0 Å². The molecule has 1 aromatic carbocycles. The van der Waals surface area contributed by atoms with E-state index >= 15 is 0 Å².